The van der Waals surface area contributed by atoms with E-state index in [2.05, 4.69) is 4.98 Å². The Morgan fingerprint density at radius 2 is 1.82 bits per heavy atom. The minimum absolute atomic E-state index is 0.0384. The number of methoxy groups -OCH3 is 2. The van der Waals surface area contributed by atoms with E-state index in [9.17, 15) is 23.7 Å². The van der Waals surface area contributed by atoms with E-state index >= 15 is 0 Å². The SMILES string of the molecule is COc1cc(OC)c(F)c(C(=O)c2cc3cc(Cc4c(Cl)cccc4[N+](=O)[O-])ncc3o2)c1F. The van der Waals surface area contributed by atoms with Gasteiger partial charge in [0.2, 0.25) is 5.78 Å². The zero-order chi connectivity index (χ0) is 24.6. The Morgan fingerprint density at radius 1 is 1.15 bits per heavy atom. The molecule has 0 fully saturated rings. The maximum absolute atomic E-state index is 14.7. The summed E-state index contributed by atoms with van der Waals surface area (Å²) in [5, 5.41) is 11.9. The molecule has 34 heavy (non-hydrogen) atoms. The van der Waals surface area contributed by atoms with Gasteiger partial charge in [-0.3, -0.25) is 19.9 Å². The van der Waals surface area contributed by atoms with Gasteiger partial charge in [0.15, 0.2) is 34.5 Å². The predicted octanol–water partition coefficient (Wildman–Crippen LogP) is 5.51. The summed E-state index contributed by atoms with van der Waals surface area (Å²) >= 11 is 6.15. The van der Waals surface area contributed by atoms with Gasteiger partial charge in [-0.05, 0) is 18.2 Å². The van der Waals surface area contributed by atoms with Crippen LogP contribution in [0.15, 0.2) is 47.0 Å². The van der Waals surface area contributed by atoms with Crippen LogP contribution in [0.2, 0.25) is 5.02 Å². The molecule has 2 aromatic carbocycles. The normalized spacial score (nSPS) is 11.0. The first-order chi connectivity index (χ1) is 16.2. The van der Waals surface area contributed by atoms with Crippen molar-refractivity contribution in [3.8, 4) is 11.5 Å². The first-order valence-electron chi connectivity index (χ1n) is 9.70. The molecule has 0 radical (unpaired) electrons. The van der Waals surface area contributed by atoms with Crippen LogP contribution in [0.3, 0.4) is 0 Å². The van der Waals surface area contributed by atoms with E-state index in [-0.39, 0.29) is 45.5 Å². The van der Waals surface area contributed by atoms with Gasteiger partial charge >= 0.3 is 0 Å². The van der Waals surface area contributed by atoms with Crippen LogP contribution in [0.4, 0.5) is 14.5 Å². The number of pyridine rings is 1. The summed E-state index contributed by atoms with van der Waals surface area (Å²) in [6, 6.07) is 8.17. The van der Waals surface area contributed by atoms with Gasteiger partial charge in [0, 0.05) is 29.6 Å². The molecule has 0 N–H and O–H groups in total. The summed E-state index contributed by atoms with van der Waals surface area (Å²) in [6.07, 6.45) is 1.35. The molecule has 0 bridgehead atoms. The number of carbonyl (C=O) groups is 1. The van der Waals surface area contributed by atoms with Gasteiger partial charge in [-0.25, -0.2) is 8.78 Å². The fourth-order valence-electron chi connectivity index (χ4n) is 3.48. The zero-order valence-electron chi connectivity index (χ0n) is 17.7. The Labute approximate surface area is 195 Å². The largest absolute Gasteiger partial charge is 0.494 e. The van der Waals surface area contributed by atoms with Crippen LogP contribution in [0.25, 0.3) is 11.0 Å². The van der Waals surface area contributed by atoms with Crippen molar-refractivity contribution in [2.75, 3.05) is 14.2 Å². The summed E-state index contributed by atoms with van der Waals surface area (Å²) in [4.78, 5) is 27.9. The van der Waals surface area contributed by atoms with Crippen LogP contribution in [-0.4, -0.2) is 29.9 Å². The standard InChI is InChI=1S/C23H15ClF2N2O6/c1-32-16-9-17(33-2)22(26)20(21(16)25)23(29)18-7-11-6-12(27-10-19(11)34-18)8-13-14(24)4-3-5-15(13)28(30)31/h3-7,9-10H,8H2,1-2H3. The Bertz CT molecular complexity index is 1430. The first-order valence-corrected chi connectivity index (χ1v) is 10.1. The number of nitrogens with zero attached hydrogens (tertiary/aromatic N) is 2. The molecule has 4 rings (SSSR count). The third-order valence-corrected chi connectivity index (χ3v) is 5.49. The molecule has 0 aliphatic carbocycles. The van der Waals surface area contributed by atoms with E-state index in [4.69, 9.17) is 25.5 Å². The molecule has 11 heteroatoms. The lowest BCUT2D eigenvalue weighted by Gasteiger charge is -2.10. The molecule has 0 saturated heterocycles. The van der Waals surface area contributed by atoms with Gasteiger partial charge in [0.05, 0.1) is 35.9 Å². The summed E-state index contributed by atoms with van der Waals surface area (Å²) in [7, 11) is 2.34. The Kier molecular flexibility index (Phi) is 6.16. The van der Waals surface area contributed by atoms with E-state index in [0.29, 0.717) is 11.1 Å². The molecule has 174 valence electrons. The number of carbonyl (C=O) groups excluding carboxylic acids is 1. The van der Waals surface area contributed by atoms with Gasteiger partial charge in [0.25, 0.3) is 5.69 Å². The fraction of sp³-hybridized carbons (Fsp3) is 0.130. The number of rotatable bonds is 7. The summed E-state index contributed by atoms with van der Waals surface area (Å²) in [5.74, 6) is -4.55. The fourth-order valence-corrected chi connectivity index (χ4v) is 3.72. The number of hydrogen-bond acceptors (Lipinski definition) is 7. The molecule has 8 nitrogen and oxygen atoms in total. The van der Waals surface area contributed by atoms with Gasteiger partial charge in [-0.1, -0.05) is 17.7 Å². The lowest BCUT2D eigenvalue weighted by Crippen LogP contribution is -2.09. The highest BCUT2D eigenvalue weighted by Gasteiger charge is 2.28. The topological polar surface area (TPSA) is 105 Å². The van der Waals surface area contributed by atoms with E-state index in [1.54, 1.807) is 6.07 Å². The van der Waals surface area contributed by atoms with Crippen LogP contribution in [-0.2, 0) is 6.42 Å². The number of ether oxygens (including phenoxy) is 2. The number of benzene rings is 2. The third kappa shape index (κ3) is 4.03. The molecule has 0 aliphatic rings. The molecular weight excluding hydrogens is 474 g/mol. The number of aromatic nitrogens is 1. The van der Waals surface area contributed by atoms with Crippen LogP contribution in [0.5, 0.6) is 11.5 Å². The van der Waals surface area contributed by atoms with E-state index in [0.717, 1.165) is 6.07 Å². The van der Waals surface area contributed by atoms with Gasteiger partial charge in [0.1, 0.15) is 5.56 Å². The second-order valence-corrected chi connectivity index (χ2v) is 7.52. The molecule has 0 aliphatic heterocycles. The summed E-state index contributed by atoms with van der Waals surface area (Å²) < 4.78 is 44.6. The van der Waals surface area contributed by atoms with Gasteiger partial charge in [-0.15, -0.1) is 0 Å². The van der Waals surface area contributed by atoms with Crippen LogP contribution in [0.1, 0.15) is 27.4 Å². The third-order valence-electron chi connectivity index (χ3n) is 5.13. The molecule has 4 aromatic rings. The van der Waals surface area contributed by atoms with Crippen LogP contribution in [0, 0.1) is 21.7 Å². The Balaban J connectivity index is 1.74. The van der Waals surface area contributed by atoms with Crippen molar-refractivity contribution in [3.63, 3.8) is 0 Å². The van der Waals surface area contributed by atoms with Crippen molar-refractivity contribution >= 4 is 34.0 Å². The molecule has 0 saturated carbocycles. The molecular formula is C23H15ClF2N2O6. The maximum atomic E-state index is 14.7. The number of nitro groups is 1. The average Bonchev–Trinajstić information content (AvgIpc) is 3.24. The smallest absolute Gasteiger partial charge is 0.274 e. The van der Waals surface area contributed by atoms with E-state index < -0.39 is 27.9 Å². The molecule has 0 unspecified atom stereocenters. The molecule has 2 heterocycles. The molecule has 0 spiro atoms. The predicted molar refractivity (Wildman–Crippen MR) is 118 cm³/mol. The van der Waals surface area contributed by atoms with Crippen molar-refractivity contribution in [2.45, 2.75) is 6.42 Å². The molecule has 0 atom stereocenters. The van der Waals surface area contributed by atoms with Gasteiger partial charge in [-0.2, -0.15) is 0 Å². The minimum atomic E-state index is -1.20. The highest BCUT2D eigenvalue weighted by Crippen LogP contribution is 2.34. The van der Waals surface area contributed by atoms with Crippen molar-refractivity contribution in [3.05, 3.63) is 91.9 Å². The average molecular weight is 489 g/mol. The number of halogens is 3. The Hall–Kier alpha value is -4.05. The van der Waals surface area contributed by atoms with Crippen LogP contribution >= 0.6 is 11.6 Å². The summed E-state index contributed by atoms with van der Waals surface area (Å²) in [5.41, 5.74) is -0.195. The highest BCUT2D eigenvalue weighted by molar-refractivity contribution is 6.31. The Morgan fingerprint density at radius 3 is 2.44 bits per heavy atom. The van der Waals surface area contributed by atoms with E-state index in [1.165, 1.54) is 44.7 Å². The van der Waals surface area contributed by atoms with Crippen molar-refractivity contribution in [2.24, 2.45) is 0 Å². The van der Waals surface area contributed by atoms with Crippen molar-refractivity contribution in [1.29, 1.82) is 0 Å². The lowest BCUT2D eigenvalue weighted by molar-refractivity contribution is -0.385. The number of hydrogen-bond donors (Lipinski definition) is 0. The number of ketones is 1. The van der Waals surface area contributed by atoms with Crippen LogP contribution < -0.4 is 9.47 Å². The molecule has 2 aromatic heterocycles. The number of furan rings is 1. The van der Waals surface area contributed by atoms with E-state index in [1.807, 2.05) is 0 Å². The van der Waals surface area contributed by atoms with Crippen molar-refractivity contribution in [1.82, 2.24) is 4.98 Å². The first kappa shape index (κ1) is 23.1. The lowest BCUT2D eigenvalue weighted by atomic mass is 10.0. The quantitative estimate of drug-likeness (QED) is 0.192. The molecule has 0 amide bonds. The second-order valence-electron chi connectivity index (χ2n) is 7.11. The monoisotopic (exact) mass is 488 g/mol. The highest BCUT2D eigenvalue weighted by atomic mass is 35.5. The zero-order valence-corrected chi connectivity index (χ0v) is 18.5. The minimum Gasteiger partial charge on any atom is -0.494 e. The summed E-state index contributed by atoms with van der Waals surface area (Å²) in [6.45, 7) is 0. The van der Waals surface area contributed by atoms with Gasteiger partial charge < -0.3 is 13.9 Å². The van der Waals surface area contributed by atoms with Crippen molar-refractivity contribution < 1.29 is 32.4 Å². The number of nitro benzene ring substituents is 1. The maximum Gasteiger partial charge on any atom is 0.274 e. The second kappa shape index (κ2) is 9.06. The number of fused-ring (bicyclic) bond motifs is 1.